The Hall–Kier alpha value is -2.11. The molecule has 1 aliphatic rings. The van der Waals surface area contributed by atoms with E-state index in [1.807, 2.05) is 42.5 Å². The van der Waals surface area contributed by atoms with Gasteiger partial charge >= 0.3 is 0 Å². The summed E-state index contributed by atoms with van der Waals surface area (Å²) in [5.41, 5.74) is 3.42. The van der Waals surface area contributed by atoms with Gasteiger partial charge in [-0.3, -0.25) is 4.79 Å². The van der Waals surface area contributed by atoms with Crippen molar-refractivity contribution in [1.82, 2.24) is 5.32 Å². The Morgan fingerprint density at radius 3 is 2.30 bits per heavy atom. The van der Waals surface area contributed by atoms with Gasteiger partial charge in [0.1, 0.15) is 16.7 Å². The fraction of sp³-hybridized carbons (Fsp3) is 0.273. The lowest BCUT2D eigenvalue weighted by atomic mass is 9.94. The van der Waals surface area contributed by atoms with Crippen molar-refractivity contribution in [2.45, 2.75) is 39.2 Å². The number of thiocarbonyl (C=S) groups is 1. The molecule has 0 aliphatic carbocycles. The number of benzene rings is 2. The summed E-state index contributed by atoms with van der Waals surface area (Å²) in [4.78, 5) is 12.3. The fourth-order valence-corrected chi connectivity index (χ4v) is 4.09. The maximum Gasteiger partial charge on any atom is 0.263 e. The second-order valence-electron chi connectivity index (χ2n) is 6.46. The zero-order valence-corrected chi connectivity index (χ0v) is 17.2. The van der Waals surface area contributed by atoms with E-state index in [2.05, 4.69) is 31.3 Å². The quantitative estimate of drug-likeness (QED) is 0.483. The number of hydrogen-bond acceptors (Lipinski definition) is 4. The number of nitrogens with one attached hydrogen (secondary N) is 1. The molecule has 3 nitrogen and oxygen atoms in total. The molecule has 5 heteroatoms. The van der Waals surface area contributed by atoms with Crippen molar-refractivity contribution in [3.63, 3.8) is 0 Å². The Labute approximate surface area is 170 Å². The first-order chi connectivity index (χ1) is 13.1. The molecular weight excluding hydrogens is 374 g/mol. The highest BCUT2D eigenvalue weighted by atomic mass is 32.2. The summed E-state index contributed by atoms with van der Waals surface area (Å²) in [6.45, 7) is 4.97. The SMILES string of the molecule is CCC(CC)c1ccc(OCc2ccc(/C=C3\SC(=S)NC3=O)cc2)cc1. The zero-order valence-electron chi connectivity index (χ0n) is 15.5. The molecule has 1 amide bonds. The summed E-state index contributed by atoms with van der Waals surface area (Å²) >= 11 is 6.29. The monoisotopic (exact) mass is 397 g/mol. The van der Waals surface area contributed by atoms with E-state index < -0.39 is 0 Å². The van der Waals surface area contributed by atoms with Gasteiger partial charge in [-0.2, -0.15) is 0 Å². The van der Waals surface area contributed by atoms with Gasteiger partial charge in [-0.15, -0.1) is 0 Å². The van der Waals surface area contributed by atoms with Crippen LogP contribution in [-0.4, -0.2) is 10.2 Å². The van der Waals surface area contributed by atoms with Crippen LogP contribution in [0.4, 0.5) is 0 Å². The lowest BCUT2D eigenvalue weighted by Crippen LogP contribution is -2.17. The highest BCUT2D eigenvalue weighted by Crippen LogP contribution is 2.27. The molecule has 0 radical (unpaired) electrons. The topological polar surface area (TPSA) is 38.3 Å². The van der Waals surface area contributed by atoms with E-state index in [-0.39, 0.29) is 5.91 Å². The lowest BCUT2D eigenvalue weighted by molar-refractivity contribution is -0.115. The zero-order chi connectivity index (χ0) is 19.2. The third-order valence-electron chi connectivity index (χ3n) is 4.66. The lowest BCUT2D eigenvalue weighted by Gasteiger charge is -2.13. The van der Waals surface area contributed by atoms with Crippen molar-refractivity contribution in [3.05, 3.63) is 70.1 Å². The standard InChI is InChI=1S/C22H23NO2S2/c1-3-17(4-2)18-9-11-19(12-10-18)25-14-16-7-5-15(6-8-16)13-20-21(24)23-22(26)27-20/h5-13,17H,3-4,14H2,1-2H3,(H,23,24,26)/b20-13-. The normalized spacial score (nSPS) is 15.4. The number of thioether (sulfide) groups is 1. The first-order valence-corrected chi connectivity index (χ1v) is 10.4. The predicted octanol–water partition coefficient (Wildman–Crippen LogP) is 5.66. The molecule has 1 aliphatic heterocycles. The molecule has 0 spiro atoms. The third kappa shape index (κ3) is 5.21. The second kappa shape index (κ2) is 9.20. The predicted molar refractivity (Wildman–Crippen MR) is 117 cm³/mol. The van der Waals surface area contributed by atoms with Gasteiger partial charge in [-0.25, -0.2) is 0 Å². The smallest absolute Gasteiger partial charge is 0.263 e. The van der Waals surface area contributed by atoms with Crippen LogP contribution in [0.5, 0.6) is 5.75 Å². The molecule has 1 heterocycles. The Balaban J connectivity index is 1.58. The van der Waals surface area contributed by atoms with Crippen molar-refractivity contribution in [3.8, 4) is 5.75 Å². The summed E-state index contributed by atoms with van der Waals surface area (Å²) in [5, 5.41) is 2.62. The molecule has 0 bridgehead atoms. The highest BCUT2D eigenvalue weighted by Gasteiger charge is 2.21. The van der Waals surface area contributed by atoms with Gasteiger partial charge in [0.25, 0.3) is 5.91 Å². The van der Waals surface area contributed by atoms with Gasteiger partial charge in [-0.05, 0) is 53.7 Å². The van der Waals surface area contributed by atoms with E-state index in [4.69, 9.17) is 17.0 Å². The summed E-state index contributed by atoms with van der Waals surface area (Å²) in [7, 11) is 0. The maximum atomic E-state index is 11.7. The Morgan fingerprint density at radius 2 is 1.74 bits per heavy atom. The molecule has 0 atom stereocenters. The van der Waals surface area contributed by atoms with Gasteiger partial charge in [0, 0.05) is 0 Å². The summed E-state index contributed by atoms with van der Waals surface area (Å²) < 4.78 is 6.40. The minimum absolute atomic E-state index is 0.130. The number of hydrogen-bond donors (Lipinski definition) is 1. The van der Waals surface area contributed by atoms with Crippen LogP contribution in [0.1, 0.15) is 49.3 Å². The molecule has 140 valence electrons. The first kappa shape index (κ1) is 19.6. The van der Waals surface area contributed by atoms with Crippen molar-refractivity contribution < 1.29 is 9.53 Å². The average Bonchev–Trinajstić information content (AvgIpc) is 3.00. The van der Waals surface area contributed by atoms with Crippen LogP contribution in [0.25, 0.3) is 6.08 Å². The largest absolute Gasteiger partial charge is 0.489 e. The molecular formula is C22H23NO2S2. The molecule has 2 aromatic rings. The van der Waals surface area contributed by atoms with Crippen LogP contribution in [0.15, 0.2) is 53.4 Å². The van der Waals surface area contributed by atoms with Crippen LogP contribution >= 0.6 is 24.0 Å². The van der Waals surface area contributed by atoms with E-state index in [9.17, 15) is 4.79 Å². The van der Waals surface area contributed by atoms with Crippen LogP contribution in [-0.2, 0) is 11.4 Å². The molecule has 3 rings (SSSR count). The van der Waals surface area contributed by atoms with Crippen molar-refractivity contribution in [2.75, 3.05) is 0 Å². The van der Waals surface area contributed by atoms with Crippen LogP contribution in [0, 0.1) is 0 Å². The molecule has 2 aromatic carbocycles. The molecule has 0 unspecified atom stereocenters. The molecule has 1 saturated heterocycles. The summed E-state index contributed by atoms with van der Waals surface area (Å²) in [5.74, 6) is 1.37. The number of carbonyl (C=O) groups excluding carboxylic acids is 1. The number of ether oxygens (including phenoxy) is 1. The number of amides is 1. The van der Waals surface area contributed by atoms with Gasteiger partial charge in [0.15, 0.2) is 0 Å². The van der Waals surface area contributed by atoms with Gasteiger partial charge in [0.2, 0.25) is 0 Å². The second-order valence-corrected chi connectivity index (χ2v) is 8.18. The summed E-state index contributed by atoms with van der Waals surface area (Å²) in [6.07, 6.45) is 4.16. The minimum atomic E-state index is -0.130. The van der Waals surface area contributed by atoms with Crippen LogP contribution in [0.2, 0.25) is 0 Å². The molecule has 0 aromatic heterocycles. The Bertz CT molecular complexity index is 838. The fourth-order valence-electron chi connectivity index (χ4n) is 3.05. The van der Waals surface area contributed by atoms with E-state index >= 15 is 0 Å². The van der Waals surface area contributed by atoms with Gasteiger partial charge < -0.3 is 10.1 Å². The van der Waals surface area contributed by atoms with E-state index in [1.165, 1.54) is 17.3 Å². The van der Waals surface area contributed by atoms with Crippen molar-refractivity contribution in [2.24, 2.45) is 0 Å². The Kier molecular flexibility index (Phi) is 6.69. The minimum Gasteiger partial charge on any atom is -0.489 e. The van der Waals surface area contributed by atoms with Crippen molar-refractivity contribution in [1.29, 1.82) is 0 Å². The van der Waals surface area contributed by atoms with E-state index in [1.54, 1.807) is 0 Å². The average molecular weight is 398 g/mol. The molecule has 27 heavy (non-hydrogen) atoms. The first-order valence-electron chi connectivity index (χ1n) is 9.15. The summed E-state index contributed by atoms with van der Waals surface area (Å²) in [6, 6.07) is 16.4. The Morgan fingerprint density at radius 1 is 1.07 bits per heavy atom. The van der Waals surface area contributed by atoms with E-state index in [0.29, 0.717) is 21.8 Å². The van der Waals surface area contributed by atoms with Crippen LogP contribution in [0.3, 0.4) is 0 Å². The van der Waals surface area contributed by atoms with Gasteiger partial charge in [-0.1, -0.05) is 74.2 Å². The van der Waals surface area contributed by atoms with Crippen LogP contribution < -0.4 is 10.1 Å². The number of rotatable bonds is 7. The molecule has 1 N–H and O–H groups in total. The third-order valence-corrected chi connectivity index (χ3v) is 5.82. The van der Waals surface area contributed by atoms with Crippen molar-refractivity contribution >= 4 is 40.3 Å². The van der Waals surface area contributed by atoms with Gasteiger partial charge in [0.05, 0.1) is 4.91 Å². The van der Waals surface area contributed by atoms with E-state index in [0.717, 1.165) is 29.7 Å². The highest BCUT2D eigenvalue weighted by molar-refractivity contribution is 8.26. The molecule has 1 fully saturated rings. The number of carbonyl (C=O) groups is 1. The maximum absolute atomic E-state index is 11.7. The molecule has 0 saturated carbocycles.